The fourth-order valence-corrected chi connectivity index (χ4v) is 10.3. The second kappa shape index (κ2) is 11.9. The molecule has 0 atom stereocenters. The summed E-state index contributed by atoms with van der Waals surface area (Å²) in [7, 11) is -3.45. The summed E-state index contributed by atoms with van der Waals surface area (Å²) < 4.78 is 31.2. The van der Waals surface area contributed by atoms with Crippen LogP contribution in [-0.2, 0) is 21.0 Å². The van der Waals surface area contributed by atoms with E-state index in [9.17, 15) is 13.0 Å². The fourth-order valence-electron chi connectivity index (χ4n) is 5.53. The first kappa shape index (κ1) is 24.1. The van der Waals surface area contributed by atoms with Crippen molar-refractivity contribution in [2.24, 2.45) is 0 Å². The third-order valence-corrected chi connectivity index (χ3v) is 11.7. The molecule has 0 heterocycles. The van der Waals surface area contributed by atoms with Gasteiger partial charge in [-0.05, 0) is 107 Å². The molecule has 0 N–H and O–H groups in total. The Morgan fingerprint density at radius 2 is 1.00 bits per heavy atom. The molecule has 1 aromatic carbocycles. The molecule has 5 heteroatoms. The van der Waals surface area contributed by atoms with Gasteiger partial charge in [0.15, 0.2) is 0 Å². The normalized spacial score (nSPS) is 22.5. The third-order valence-electron chi connectivity index (χ3n) is 7.12. The minimum absolute atomic E-state index is 0.178. The van der Waals surface area contributed by atoms with Crippen LogP contribution in [0.3, 0.4) is 0 Å². The van der Waals surface area contributed by atoms with E-state index in [0.717, 1.165) is 32.2 Å². The van der Waals surface area contributed by atoms with Crippen molar-refractivity contribution in [1.29, 1.82) is 0 Å². The molecule has 0 aliphatic heterocycles. The van der Waals surface area contributed by atoms with Crippen LogP contribution in [0.5, 0.6) is 0 Å². The Balaban J connectivity index is 0.000000199. The van der Waals surface area contributed by atoms with E-state index in [4.69, 9.17) is 0 Å². The van der Waals surface area contributed by atoms with Crippen LogP contribution in [0.25, 0.3) is 0 Å². The monoisotopic (exact) mass is 452 g/mol. The minimum atomic E-state index is -4.27. The van der Waals surface area contributed by atoms with Crippen LogP contribution >= 0.6 is 0 Å². The zero-order valence-corrected chi connectivity index (χ0v) is 20.3. The van der Waals surface area contributed by atoms with Gasteiger partial charge in [0, 0.05) is 0 Å². The Morgan fingerprint density at radius 3 is 1.30 bits per heavy atom. The van der Waals surface area contributed by atoms with Gasteiger partial charge in [-0.2, -0.15) is 0 Å². The molecule has 0 radical (unpaired) electrons. The lowest BCUT2D eigenvalue weighted by atomic mass is 9.99. The zero-order valence-electron chi connectivity index (χ0n) is 18.7. The van der Waals surface area contributed by atoms with Crippen molar-refractivity contribution in [3.8, 4) is 0 Å². The van der Waals surface area contributed by atoms with Crippen molar-refractivity contribution in [2.45, 2.75) is 124 Å². The third kappa shape index (κ3) is 7.27. The highest BCUT2D eigenvalue weighted by atomic mass is 32.2. The van der Waals surface area contributed by atoms with Crippen molar-refractivity contribution in [2.75, 3.05) is 0 Å². The van der Waals surface area contributed by atoms with Gasteiger partial charge in [-0.15, -0.1) is 0 Å². The average molecular weight is 453 g/mol. The lowest BCUT2D eigenvalue weighted by Crippen LogP contribution is -2.43. The molecule has 0 aromatic heterocycles. The van der Waals surface area contributed by atoms with E-state index < -0.39 is 10.1 Å². The molecule has 3 fully saturated rings. The van der Waals surface area contributed by atoms with Gasteiger partial charge >= 0.3 is 0 Å². The summed E-state index contributed by atoms with van der Waals surface area (Å²) >= 11 is 0. The van der Waals surface area contributed by atoms with Crippen molar-refractivity contribution in [3.63, 3.8) is 0 Å². The van der Waals surface area contributed by atoms with Gasteiger partial charge in [0.25, 0.3) is 0 Å². The summed E-state index contributed by atoms with van der Waals surface area (Å²) in [6.45, 7) is 1.82. The summed E-state index contributed by atoms with van der Waals surface area (Å²) in [4.78, 5) is -0.178. The average Bonchev–Trinajstić information content (AvgIpc) is 2.76. The molecular weight excluding hydrogens is 412 g/mol. The first-order valence-corrected chi connectivity index (χ1v) is 15.0. The minimum Gasteiger partial charge on any atom is -0.744 e. The molecule has 4 rings (SSSR count). The van der Waals surface area contributed by atoms with Gasteiger partial charge in [-0.25, -0.2) is 8.42 Å². The molecule has 0 bridgehead atoms. The predicted molar refractivity (Wildman–Crippen MR) is 127 cm³/mol. The van der Waals surface area contributed by atoms with Crippen LogP contribution in [0, 0.1) is 6.92 Å². The van der Waals surface area contributed by atoms with Crippen LogP contribution < -0.4 is 0 Å². The maximum absolute atomic E-state index is 10.4. The summed E-state index contributed by atoms with van der Waals surface area (Å²) in [6, 6.07) is 5.78. The number of rotatable bonds is 4. The quantitative estimate of drug-likeness (QED) is 0.387. The summed E-state index contributed by atoms with van der Waals surface area (Å²) in [6.07, 6.45) is 23.4. The highest BCUT2D eigenvalue weighted by molar-refractivity contribution is 7.98. The van der Waals surface area contributed by atoms with E-state index in [1.165, 1.54) is 31.4 Å². The van der Waals surface area contributed by atoms with Gasteiger partial charge in [-0.3, -0.25) is 0 Å². The molecule has 30 heavy (non-hydrogen) atoms. The molecule has 0 unspecified atom stereocenters. The van der Waals surface area contributed by atoms with Crippen molar-refractivity contribution >= 4 is 21.0 Å². The Labute approximate surface area is 187 Å². The maximum atomic E-state index is 10.4. The Kier molecular flexibility index (Phi) is 9.59. The van der Waals surface area contributed by atoms with Gasteiger partial charge < -0.3 is 4.55 Å². The van der Waals surface area contributed by atoms with Crippen LogP contribution in [0.2, 0.25) is 0 Å². The van der Waals surface area contributed by atoms with Crippen LogP contribution in [0.4, 0.5) is 0 Å². The SMILES string of the molecule is C1CCC([S+](C2CCCCC2)C2CCCCC2)CC1.Cc1ccc(S(=O)(=O)[O-])cc1. The lowest BCUT2D eigenvalue weighted by molar-refractivity contribution is 0.463. The molecular formula is C25H40O3S2. The molecule has 0 amide bonds. The second-order valence-corrected chi connectivity index (χ2v) is 13.7. The van der Waals surface area contributed by atoms with E-state index in [1.807, 2.05) is 6.92 Å². The molecule has 3 aliphatic rings. The Bertz CT molecular complexity index is 668. The Hall–Kier alpha value is -0.520. The first-order valence-electron chi connectivity index (χ1n) is 12.2. The molecule has 3 nitrogen and oxygen atoms in total. The van der Waals surface area contributed by atoms with Crippen molar-refractivity contribution < 1.29 is 13.0 Å². The van der Waals surface area contributed by atoms with Crippen LogP contribution in [0.1, 0.15) is 102 Å². The molecule has 1 aromatic rings. The molecule has 3 saturated carbocycles. The van der Waals surface area contributed by atoms with Crippen LogP contribution in [-0.4, -0.2) is 28.7 Å². The van der Waals surface area contributed by atoms with Gasteiger partial charge in [0.05, 0.1) is 4.90 Å². The van der Waals surface area contributed by atoms with Gasteiger partial charge in [0.2, 0.25) is 0 Å². The van der Waals surface area contributed by atoms with Gasteiger partial charge in [0.1, 0.15) is 25.9 Å². The maximum Gasteiger partial charge on any atom is 0.124 e. The summed E-state index contributed by atoms with van der Waals surface area (Å²) in [5.74, 6) is 0. The summed E-state index contributed by atoms with van der Waals surface area (Å²) in [5.41, 5.74) is 0.928. The number of benzene rings is 1. The standard InChI is InChI=1S/C18H33S.C7H8O3S/c1-4-10-16(11-5-1)19(17-12-6-2-7-13-17)18-14-8-3-9-15-18;1-6-2-4-7(5-3-6)11(8,9)10/h16-18H,1-15H2;2-5H,1H3,(H,8,9,10)/q+1;/p-1. The van der Waals surface area contributed by atoms with E-state index in [1.54, 1.807) is 89.2 Å². The number of aryl methyl sites for hydroxylation is 1. The molecule has 170 valence electrons. The summed E-state index contributed by atoms with van der Waals surface area (Å²) in [5, 5.41) is 3.46. The largest absolute Gasteiger partial charge is 0.744 e. The first-order chi connectivity index (χ1) is 14.4. The Morgan fingerprint density at radius 1 is 0.667 bits per heavy atom. The smallest absolute Gasteiger partial charge is 0.124 e. The highest BCUT2D eigenvalue weighted by Crippen LogP contribution is 2.40. The van der Waals surface area contributed by atoms with E-state index in [2.05, 4.69) is 0 Å². The number of hydrogen-bond donors (Lipinski definition) is 0. The van der Waals surface area contributed by atoms with Crippen LogP contribution in [0.15, 0.2) is 29.2 Å². The van der Waals surface area contributed by atoms with E-state index >= 15 is 0 Å². The van der Waals surface area contributed by atoms with Crippen molar-refractivity contribution in [1.82, 2.24) is 0 Å². The van der Waals surface area contributed by atoms with Crippen molar-refractivity contribution in [3.05, 3.63) is 29.8 Å². The molecule has 3 aliphatic carbocycles. The van der Waals surface area contributed by atoms with Gasteiger partial charge in [-0.1, -0.05) is 37.0 Å². The number of hydrogen-bond acceptors (Lipinski definition) is 3. The predicted octanol–water partition coefficient (Wildman–Crippen LogP) is 6.50. The lowest BCUT2D eigenvalue weighted by Gasteiger charge is -2.36. The van der Waals surface area contributed by atoms with E-state index in [0.29, 0.717) is 0 Å². The highest BCUT2D eigenvalue weighted by Gasteiger charge is 2.45. The molecule has 0 saturated heterocycles. The topological polar surface area (TPSA) is 57.2 Å². The van der Waals surface area contributed by atoms with E-state index in [-0.39, 0.29) is 4.90 Å². The fraction of sp³-hybridized carbons (Fsp3) is 0.760. The zero-order chi connectivity index (χ0) is 21.4. The second-order valence-electron chi connectivity index (χ2n) is 9.46. The molecule has 0 spiro atoms.